The average Bonchev–Trinajstić information content (AvgIpc) is 3.11. The Balaban J connectivity index is 1.65. The fraction of sp³-hybridized carbons (Fsp3) is 0.222. The average molecular weight is 335 g/mol. The third-order valence-corrected chi connectivity index (χ3v) is 4.20. The molecule has 2 atom stereocenters. The van der Waals surface area contributed by atoms with Gasteiger partial charge in [-0.05, 0) is 30.3 Å². The molecular formula is C18H17N5O2. The number of hydrogen-bond donors (Lipinski definition) is 1. The number of hydrogen-bond acceptors (Lipinski definition) is 6. The Bertz CT molecular complexity index is 898. The van der Waals surface area contributed by atoms with Crippen LogP contribution in [0.15, 0.2) is 66.0 Å². The molecule has 4 heterocycles. The maximum absolute atomic E-state index is 12.4. The Morgan fingerprint density at radius 1 is 0.960 bits per heavy atom. The second kappa shape index (κ2) is 6.82. The van der Waals surface area contributed by atoms with E-state index in [1.807, 2.05) is 24.3 Å². The van der Waals surface area contributed by atoms with Crippen LogP contribution in [0, 0.1) is 0 Å². The van der Waals surface area contributed by atoms with Gasteiger partial charge in [0.2, 0.25) is 0 Å². The molecule has 0 aliphatic carbocycles. The van der Waals surface area contributed by atoms with Crippen molar-refractivity contribution < 1.29 is 4.74 Å². The lowest BCUT2D eigenvalue weighted by Crippen LogP contribution is -2.37. The first kappa shape index (κ1) is 15.5. The number of ether oxygens (including phenoxy) is 1. The van der Waals surface area contributed by atoms with Gasteiger partial charge in [0.25, 0.3) is 5.56 Å². The summed E-state index contributed by atoms with van der Waals surface area (Å²) in [6, 6.07) is 10.6. The van der Waals surface area contributed by atoms with Gasteiger partial charge in [0.15, 0.2) is 0 Å². The Morgan fingerprint density at radius 3 is 2.44 bits per heavy atom. The Kier molecular flexibility index (Phi) is 4.22. The van der Waals surface area contributed by atoms with Crippen molar-refractivity contribution in [2.75, 3.05) is 18.5 Å². The molecule has 7 nitrogen and oxygen atoms in total. The quantitative estimate of drug-likeness (QED) is 0.782. The zero-order valence-corrected chi connectivity index (χ0v) is 13.4. The van der Waals surface area contributed by atoms with Gasteiger partial charge >= 0.3 is 0 Å². The summed E-state index contributed by atoms with van der Waals surface area (Å²) >= 11 is 0. The van der Waals surface area contributed by atoms with Gasteiger partial charge < -0.3 is 10.1 Å². The van der Waals surface area contributed by atoms with E-state index in [4.69, 9.17) is 4.74 Å². The summed E-state index contributed by atoms with van der Waals surface area (Å²) in [6.07, 6.45) is 6.86. The molecule has 3 aromatic heterocycles. The Labute approximate surface area is 144 Å². The highest BCUT2D eigenvalue weighted by Crippen LogP contribution is 2.22. The Morgan fingerprint density at radius 2 is 1.68 bits per heavy atom. The molecular weight excluding hydrogens is 318 g/mol. The predicted octanol–water partition coefficient (Wildman–Crippen LogP) is 1.75. The number of rotatable bonds is 4. The lowest BCUT2D eigenvalue weighted by atomic mass is 10.1. The van der Waals surface area contributed by atoms with Crippen molar-refractivity contribution >= 4 is 5.69 Å². The van der Waals surface area contributed by atoms with E-state index in [-0.39, 0.29) is 17.6 Å². The summed E-state index contributed by atoms with van der Waals surface area (Å²) in [7, 11) is 0. The zero-order chi connectivity index (χ0) is 17.1. The van der Waals surface area contributed by atoms with Gasteiger partial charge in [0.1, 0.15) is 6.04 Å². The van der Waals surface area contributed by atoms with Crippen LogP contribution in [0.1, 0.15) is 6.04 Å². The van der Waals surface area contributed by atoms with Gasteiger partial charge in [-0.1, -0.05) is 0 Å². The van der Waals surface area contributed by atoms with E-state index in [1.54, 1.807) is 36.9 Å². The second-order valence-corrected chi connectivity index (χ2v) is 5.83. The third kappa shape index (κ3) is 3.27. The van der Waals surface area contributed by atoms with Crippen LogP contribution in [-0.2, 0) is 4.74 Å². The van der Waals surface area contributed by atoms with Gasteiger partial charge in [-0.3, -0.25) is 14.8 Å². The molecule has 0 bridgehead atoms. The minimum absolute atomic E-state index is 0.0414. The van der Waals surface area contributed by atoms with Crippen LogP contribution < -0.4 is 10.9 Å². The van der Waals surface area contributed by atoms with Crippen LogP contribution in [0.3, 0.4) is 0 Å². The highest BCUT2D eigenvalue weighted by Gasteiger charge is 2.31. The highest BCUT2D eigenvalue weighted by molar-refractivity contribution is 5.57. The van der Waals surface area contributed by atoms with E-state index >= 15 is 0 Å². The smallest absolute Gasteiger partial charge is 0.267 e. The molecule has 0 radical (unpaired) electrons. The fourth-order valence-electron chi connectivity index (χ4n) is 2.92. The van der Waals surface area contributed by atoms with Gasteiger partial charge in [-0.2, -0.15) is 5.10 Å². The zero-order valence-electron chi connectivity index (χ0n) is 13.4. The minimum atomic E-state index is -0.178. The maximum Gasteiger partial charge on any atom is 0.267 e. The van der Waals surface area contributed by atoms with Gasteiger partial charge in [-0.15, -0.1) is 0 Å². The third-order valence-electron chi connectivity index (χ3n) is 4.20. The van der Waals surface area contributed by atoms with E-state index in [1.165, 1.54) is 4.68 Å². The van der Waals surface area contributed by atoms with Crippen LogP contribution >= 0.6 is 0 Å². The van der Waals surface area contributed by atoms with Crippen molar-refractivity contribution in [3.8, 4) is 11.3 Å². The number of pyridine rings is 2. The van der Waals surface area contributed by atoms with Crippen LogP contribution in [-0.4, -0.2) is 39.0 Å². The molecule has 1 aliphatic heterocycles. The number of anilines is 1. The van der Waals surface area contributed by atoms with E-state index in [0.29, 0.717) is 13.2 Å². The first-order chi connectivity index (χ1) is 12.3. The summed E-state index contributed by atoms with van der Waals surface area (Å²) in [4.78, 5) is 20.4. The van der Waals surface area contributed by atoms with Crippen molar-refractivity contribution in [1.82, 2.24) is 19.7 Å². The SMILES string of the molecule is O=c1ccc(-c2ccncc2)nn1C1COCC1Nc1ccncc1. The number of nitrogens with one attached hydrogen (secondary N) is 1. The molecule has 1 N–H and O–H groups in total. The summed E-state index contributed by atoms with van der Waals surface area (Å²) in [6.45, 7) is 0.954. The number of nitrogens with zero attached hydrogens (tertiary/aromatic N) is 4. The molecule has 3 aromatic rings. The Hall–Kier alpha value is -3.06. The monoisotopic (exact) mass is 335 g/mol. The largest absolute Gasteiger partial charge is 0.378 e. The topological polar surface area (TPSA) is 81.9 Å². The van der Waals surface area contributed by atoms with Crippen LogP contribution in [0.5, 0.6) is 0 Å². The molecule has 4 rings (SSSR count). The highest BCUT2D eigenvalue weighted by atomic mass is 16.5. The summed E-state index contributed by atoms with van der Waals surface area (Å²) in [5.41, 5.74) is 2.45. The predicted molar refractivity (Wildman–Crippen MR) is 93.2 cm³/mol. The van der Waals surface area contributed by atoms with E-state index in [9.17, 15) is 4.79 Å². The molecule has 25 heavy (non-hydrogen) atoms. The molecule has 126 valence electrons. The molecule has 1 saturated heterocycles. The molecule has 1 aliphatic rings. The van der Waals surface area contributed by atoms with Crippen LogP contribution in [0.4, 0.5) is 5.69 Å². The van der Waals surface area contributed by atoms with E-state index in [2.05, 4.69) is 20.4 Å². The lowest BCUT2D eigenvalue weighted by molar-refractivity contribution is 0.183. The van der Waals surface area contributed by atoms with Crippen molar-refractivity contribution in [1.29, 1.82) is 0 Å². The molecule has 0 aromatic carbocycles. The fourth-order valence-corrected chi connectivity index (χ4v) is 2.92. The maximum atomic E-state index is 12.4. The summed E-state index contributed by atoms with van der Waals surface area (Å²) in [5, 5.41) is 7.96. The van der Waals surface area contributed by atoms with Gasteiger partial charge in [0, 0.05) is 42.1 Å². The molecule has 0 spiro atoms. The molecule has 0 saturated carbocycles. The molecule has 1 fully saturated rings. The van der Waals surface area contributed by atoms with Crippen molar-refractivity contribution in [3.05, 3.63) is 71.5 Å². The first-order valence-corrected chi connectivity index (χ1v) is 8.06. The van der Waals surface area contributed by atoms with Gasteiger partial charge in [0.05, 0.1) is 24.9 Å². The van der Waals surface area contributed by atoms with Crippen LogP contribution in [0.25, 0.3) is 11.3 Å². The van der Waals surface area contributed by atoms with Crippen molar-refractivity contribution in [3.63, 3.8) is 0 Å². The van der Waals surface area contributed by atoms with Crippen molar-refractivity contribution in [2.45, 2.75) is 12.1 Å². The minimum Gasteiger partial charge on any atom is -0.378 e. The second-order valence-electron chi connectivity index (χ2n) is 5.83. The van der Waals surface area contributed by atoms with Crippen molar-refractivity contribution in [2.24, 2.45) is 0 Å². The molecule has 0 amide bonds. The van der Waals surface area contributed by atoms with E-state index in [0.717, 1.165) is 16.9 Å². The van der Waals surface area contributed by atoms with Crippen LogP contribution in [0.2, 0.25) is 0 Å². The summed E-state index contributed by atoms with van der Waals surface area (Å²) < 4.78 is 7.12. The number of aromatic nitrogens is 4. The molecule has 7 heteroatoms. The van der Waals surface area contributed by atoms with E-state index < -0.39 is 0 Å². The lowest BCUT2D eigenvalue weighted by Gasteiger charge is -2.21. The standard InChI is InChI=1S/C18H17N5O2/c24-18-2-1-15(13-3-7-19-8-4-13)22-23(18)17-12-25-11-16(17)21-14-5-9-20-10-6-14/h1-10,16-17H,11-12H2,(H,20,21). The normalized spacial score (nSPS) is 19.7. The summed E-state index contributed by atoms with van der Waals surface area (Å²) in [5.74, 6) is 0. The molecule has 2 unspecified atom stereocenters. The first-order valence-electron chi connectivity index (χ1n) is 8.06. The van der Waals surface area contributed by atoms with Gasteiger partial charge in [-0.25, -0.2) is 4.68 Å².